The van der Waals surface area contributed by atoms with Crippen LogP contribution in [0.25, 0.3) is 0 Å². The molecule has 5 N–H and O–H groups in total. The minimum Gasteiger partial charge on any atom is -0.352 e. The predicted octanol–water partition coefficient (Wildman–Crippen LogP) is 1.09. The fourth-order valence-electron chi connectivity index (χ4n) is 1.90. The smallest absolute Gasteiger partial charge is 0.313 e. The molecule has 0 atom stereocenters. The minimum absolute atomic E-state index is 0.0876. The Labute approximate surface area is 125 Å². The molecule has 0 spiro atoms. The van der Waals surface area contributed by atoms with Gasteiger partial charge in [0.25, 0.3) is 0 Å². The van der Waals surface area contributed by atoms with E-state index < -0.39 is 29.2 Å². The molecule has 0 unspecified atom stereocenters. The number of nitrogens with two attached hydrogens (primary N) is 1. The van der Waals surface area contributed by atoms with Gasteiger partial charge in [-0.25, -0.2) is 9.18 Å². The molecule has 8 heteroatoms. The Morgan fingerprint density at radius 1 is 1.27 bits per heavy atom. The van der Waals surface area contributed by atoms with Crippen LogP contribution in [0.1, 0.15) is 12.8 Å². The van der Waals surface area contributed by atoms with Gasteiger partial charge in [-0.2, -0.15) is 0 Å². The Hall–Kier alpha value is -2.90. The summed E-state index contributed by atoms with van der Waals surface area (Å²) < 4.78 is 13.6. The summed E-state index contributed by atoms with van der Waals surface area (Å²) >= 11 is 0. The number of halogens is 1. The van der Waals surface area contributed by atoms with Crippen molar-refractivity contribution in [2.75, 3.05) is 10.6 Å². The lowest BCUT2D eigenvalue weighted by molar-refractivity contribution is -0.118. The third kappa shape index (κ3) is 3.40. The molecule has 1 aromatic rings. The Kier molecular flexibility index (Phi) is 4.11. The SMILES string of the molecule is C=CC(=O)Nc1cc(NC(=O)C2(NC(N)=O)CC2)ccc1F. The van der Waals surface area contributed by atoms with Gasteiger partial charge in [-0.15, -0.1) is 0 Å². The second-order valence-corrected chi connectivity index (χ2v) is 4.91. The summed E-state index contributed by atoms with van der Waals surface area (Å²) in [6.07, 6.45) is 1.95. The van der Waals surface area contributed by atoms with Gasteiger partial charge in [-0.05, 0) is 37.1 Å². The van der Waals surface area contributed by atoms with Crippen molar-refractivity contribution in [3.8, 4) is 0 Å². The fraction of sp³-hybridized carbons (Fsp3) is 0.214. The quantitative estimate of drug-likeness (QED) is 0.611. The van der Waals surface area contributed by atoms with Crippen LogP contribution >= 0.6 is 0 Å². The third-order valence-electron chi connectivity index (χ3n) is 3.21. The lowest BCUT2D eigenvalue weighted by Gasteiger charge is -2.16. The summed E-state index contributed by atoms with van der Waals surface area (Å²) in [5.74, 6) is -1.67. The van der Waals surface area contributed by atoms with Crippen molar-refractivity contribution >= 4 is 29.2 Å². The van der Waals surface area contributed by atoms with Gasteiger partial charge in [0.2, 0.25) is 11.8 Å². The van der Waals surface area contributed by atoms with E-state index in [1.807, 2.05) is 0 Å². The lowest BCUT2D eigenvalue weighted by Crippen LogP contribution is -2.48. The second kappa shape index (κ2) is 5.84. The van der Waals surface area contributed by atoms with Crippen molar-refractivity contribution in [2.24, 2.45) is 5.73 Å². The number of carbonyl (C=O) groups is 3. The Morgan fingerprint density at radius 3 is 2.50 bits per heavy atom. The molecule has 1 aliphatic carbocycles. The van der Waals surface area contributed by atoms with Gasteiger partial charge in [0.1, 0.15) is 11.4 Å². The van der Waals surface area contributed by atoms with Crippen molar-refractivity contribution in [3.05, 3.63) is 36.7 Å². The van der Waals surface area contributed by atoms with E-state index in [-0.39, 0.29) is 11.4 Å². The molecule has 116 valence electrons. The maximum Gasteiger partial charge on any atom is 0.313 e. The lowest BCUT2D eigenvalue weighted by atomic mass is 10.2. The Morgan fingerprint density at radius 2 is 1.95 bits per heavy atom. The van der Waals surface area contributed by atoms with E-state index in [4.69, 9.17) is 5.73 Å². The number of rotatable bonds is 5. The van der Waals surface area contributed by atoms with Crippen LogP contribution in [0.15, 0.2) is 30.9 Å². The van der Waals surface area contributed by atoms with E-state index in [0.29, 0.717) is 12.8 Å². The highest BCUT2D eigenvalue weighted by molar-refractivity contribution is 6.03. The number of primary amides is 1. The molecule has 1 aromatic carbocycles. The molecule has 0 saturated heterocycles. The van der Waals surface area contributed by atoms with E-state index >= 15 is 0 Å². The average Bonchev–Trinajstić information content (AvgIpc) is 3.22. The molecule has 1 aliphatic rings. The Balaban J connectivity index is 2.11. The normalized spacial score (nSPS) is 14.6. The maximum atomic E-state index is 13.6. The fourth-order valence-corrected chi connectivity index (χ4v) is 1.90. The van der Waals surface area contributed by atoms with Gasteiger partial charge in [-0.1, -0.05) is 6.58 Å². The molecule has 22 heavy (non-hydrogen) atoms. The summed E-state index contributed by atoms with van der Waals surface area (Å²) in [5.41, 5.74) is 4.21. The van der Waals surface area contributed by atoms with Crippen LogP contribution in [-0.4, -0.2) is 23.4 Å². The second-order valence-electron chi connectivity index (χ2n) is 4.91. The average molecular weight is 306 g/mol. The predicted molar refractivity (Wildman–Crippen MR) is 78.5 cm³/mol. The van der Waals surface area contributed by atoms with Crippen LogP contribution in [0.5, 0.6) is 0 Å². The van der Waals surface area contributed by atoms with Crippen molar-refractivity contribution < 1.29 is 18.8 Å². The molecule has 0 aliphatic heterocycles. The zero-order valence-corrected chi connectivity index (χ0v) is 11.6. The number of benzene rings is 1. The first-order valence-electron chi connectivity index (χ1n) is 6.48. The molecule has 1 fully saturated rings. The van der Waals surface area contributed by atoms with E-state index in [2.05, 4.69) is 22.5 Å². The van der Waals surface area contributed by atoms with E-state index in [9.17, 15) is 18.8 Å². The van der Waals surface area contributed by atoms with Crippen molar-refractivity contribution in [2.45, 2.75) is 18.4 Å². The van der Waals surface area contributed by atoms with E-state index in [1.54, 1.807) is 0 Å². The van der Waals surface area contributed by atoms with Crippen molar-refractivity contribution in [1.82, 2.24) is 5.32 Å². The highest BCUT2D eigenvalue weighted by Crippen LogP contribution is 2.36. The first kappa shape index (κ1) is 15.5. The molecule has 0 radical (unpaired) electrons. The summed E-state index contributed by atoms with van der Waals surface area (Å²) in [4.78, 5) is 34.2. The van der Waals surface area contributed by atoms with Crippen LogP contribution in [-0.2, 0) is 9.59 Å². The highest BCUT2D eigenvalue weighted by atomic mass is 19.1. The minimum atomic E-state index is -1.01. The van der Waals surface area contributed by atoms with Crippen molar-refractivity contribution in [3.63, 3.8) is 0 Å². The van der Waals surface area contributed by atoms with Crippen LogP contribution in [0.3, 0.4) is 0 Å². The number of amides is 4. The third-order valence-corrected chi connectivity index (χ3v) is 3.21. The van der Waals surface area contributed by atoms with Crippen LogP contribution in [0.4, 0.5) is 20.6 Å². The maximum absolute atomic E-state index is 13.6. The number of carbonyl (C=O) groups excluding carboxylic acids is 3. The summed E-state index contributed by atoms with van der Waals surface area (Å²) in [6, 6.07) is 2.94. The molecular formula is C14H15FN4O3. The highest BCUT2D eigenvalue weighted by Gasteiger charge is 2.51. The van der Waals surface area contributed by atoms with Crippen LogP contribution < -0.4 is 21.7 Å². The number of urea groups is 1. The topological polar surface area (TPSA) is 113 Å². The molecule has 0 aromatic heterocycles. The molecule has 4 amide bonds. The number of nitrogens with one attached hydrogen (secondary N) is 3. The van der Waals surface area contributed by atoms with Crippen LogP contribution in [0.2, 0.25) is 0 Å². The summed E-state index contributed by atoms with van der Waals surface area (Å²) in [6.45, 7) is 3.27. The number of anilines is 2. The molecule has 0 bridgehead atoms. The molecule has 2 rings (SSSR count). The van der Waals surface area contributed by atoms with Crippen LogP contribution in [0, 0.1) is 5.82 Å². The van der Waals surface area contributed by atoms with Gasteiger partial charge >= 0.3 is 6.03 Å². The molecule has 0 heterocycles. The van der Waals surface area contributed by atoms with Gasteiger partial charge in [0.05, 0.1) is 5.69 Å². The van der Waals surface area contributed by atoms with Crippen molar-refractivity contribution in [1.29, 1.82) is 0 Å². The van der Waals surface area contributed by atoms with E-state index in [1.165, 1.54) is 12.1 Å². The zero-order chi connectivity index (χ0) is 16.3. The molecular weight excluding hydrogens is 291 g/mol. The first-order valence-corrected chi connectivity index (χ1v) is 6.48. The summed E-state index contributed by atoms with van der Waals surface area (Å²) in [7, 11) is 0. The summed E-state index contributed by atoms with van der Waals surface area (Å²) in [5, 5.41) is 7.23. The van der Waals surface area contributed by atoms with Gasteiger partial charge < -0.3 is 21.7 Å². The number of hydrogen-bond donors (Lipinski definition) is 4. The van der Waals surface area contributed by atoms with Gasteiger partial charge in [0.15, 0.2) is 0 Å². The largest absolute Gasteiger partial charge is 0.352 e. The van der Waals surface area contributed by atoms with E-state index in [0.717, 1.165) is 12.1 Å². The standard InChI is InChI=1S/C14H15FN4O3/c1-2-11(20)18-10-7-8(3-4-9(10)15)17-12(21)14(5-6-14)19-13(16)22/h2-4,7H,1,5-6H2,(H,17,21)(H,18,20)(H3,16,19,22). The Bertz CT molecular complexity index is 655. The number of hydrogen-bond acceptors (Lipinski definition) is 3. The van der Waals surface area contributed by atoms with Gasteiger partial charge in [0, 0.05) is 5.69 Å². The first-order chi connectivity index (χ1) is 10.4. The van der Waals surface area contributed by atoms with Gasteiger partial charge in [-0.3, -0.25) is 9.59 Å². The zero-order valence-electron chi connectivity index (χ0n) is 11.6. The monoisotopic (exact) mass is 306 g/mol. The molecule has 7 nitrogen and oxygen atoms in total. The molecule has 1 saturated carbocycles.